The third-order valence-electron chi connectivity index (χ3n) is 3.61. The van der Waals surface area contributed by atoms with Crippen molar-refractivity contribution in [1.82, 2.24) is 5.32 Å². The zero-order chi connectivity index (χ0) is 15.6. The van der Waals surface area contributed by atoms with E-state index in [1.807, 2.05) is 19.1 Å². The Hall–Kier alpha value is -1.56. The fourth-order valence-electron chi connectivity index (χ4n) is 2.24. The van der Waals surface area contributed by atoms with E-state index in [1.54, 1.807) is 19.1 Å². The zero-order valence-electron chi connectivity index (χ0n) is 12.7. The Labute approximate surface area is 126 Å². The first kappa shape index (κ1) is 15.8. The van der Waals surface area contributed by atoms with Gasteiger partial charge in [-0.2, -0.15) is 0 Å². The summed E-state index contributed by atoms with van der Waals surface area (Å²) in [5.74, 6) is -0.248. The number of sulfonamides is 1. The Bertz CT molecular complexity index is 606. The van der Waals surface area contributed by atoms with Crippen molar-refractivity contribution in [2.24, 2.45) is 0 Å². The lowest BCUT2D eigenvalue weighted by molar-refractivity contribution is -0.121. The second-order valence-electron chi connectivity index (χ2n) is 5.54. The number of aryl methyl sites for hydroxylation is 1. The summed E-state index contributed by atoms with van der Waals surface area (Å²) in [5, 5.41) is 2.85. The number of nitrogens with zero attached hydrogens (tertiary/aromatic N) is 1. The molecule has 0 saturated heterocycles. The maximum Gasteiger partial charge on any atom is 0.243 e. The van der Waals surface area contributed by atoms with Crippen molar-refractivity contribution in [3.8, 4) is 0 Å². The van der Waals surface area contributed by atoms with Crippen molar-refractivity contribution in [1.29, 1.82) is 0 Å². The normalized spacial score (nSPS) is 16.3. The summed E-state index contributed by atoms with van der Waals surface area (Å²) in [5.41, 5.74) is 1.65. The molecule has 1 aliphatic carbocycles. The molecule has 2 rings (SSSR count). The van der Waals surface area contributed by atoms with Crippen LogP contribution in [0.2, 0.25) is 0 Å². The molecule has 0 spiro atoms. The highest BCUT2D eigenvalue weighted by Crippen LogP contribution is 2.23. The van der Waals surface area contributed by atoms with E-state index in [0.29, 0.717) is 5.69 Å². The van der Waals surface area contributed by atoms with Crippen molar-refractivity contribution < 1.29 is 13.2 Å². The number of benzene rings is 1. The first-order valence-electron chi connectivity index (χ1n) is 7.21. The van der Waals surface area contributed by atoms with Gasteiger partial charge in [-0.25, -0.2) is 8.42 Å². The largest absolute Gasteiger partial charge is 0.352 e. The fourth-order valence-corrected chi connectivity index (χ4v) is 3.41. The SMILES string of the molecule is CCc1ccc(N([C@H](C)C(=O)NC2CC2)S(C)(=O)=O)cc1. The number of rotatable bonds is 6. The molecular weight excluding hydrogens is 288 g/mol. The number of hydrogen-bond acceptors (Lipinski definition) is 3. The van der Waals surface area contributed by atoms with Crippen LogP contribution in [0.3, 0.4) is 0 Å². The quantitative estimate of drug-likeness (QED) is 0.869. The fraction of sp³-hybridized carbons (Fsp3) is 0.533. The molecule has 0 aliphatic heterocycles. The molecule has 1 aromatic carbocycles. The van der Waals surface area contributed by atoms with Crippen LogP contribution in [0, 0.1) is 0 Å². The van der Waals surface area contributed by atoms with Gasteiger partial charge in [0, 0.05) is 6.04 Å². The molecule has 1 saturated carbocycles. The first-order valence-corrected chi connectivity index (χ1v) is 9.06. The average Bonchev–Trinajstić information content (AvgIpc) is 3.22. The van der Waals surface area contributed by atoms with Crippen LogP contribution in [0.5, 0.6) is 0 Å². The molecule has 1 fully saturated rings. The predicted molar refractivity (Wildman–Crippen MR) is 83.8 cm³/mol. The van der Waals surface area contributed by atoms with E-state index in [9.17, 15) is 13.2 Å². The minimum absolute atomic E-state index is 0.212. The molecule has 0 heterocycles. The first-order chi connectivity index (χ1) is 9.82. The summed E-state index contributed by atoms with van der Waals surface area (Å²) >= 11 is 0. The maximum atomic E-state index is 12.2. The number of anilines is 1. The van der Waals surface area contributed by atoms with E-state index >= 15 is 0 Å². The molecular formula is C15H22N2O3S. The van der Waals surface area contributed by atoms with Crippen LogP contribution in [0.15, 0.2) is 24.3 Å². The maximum absolute atomic E-state index is 12.2. The van der Waals surface area contributed by atoms with Crippen molar-refractivity contribution >= 4 is 21.6 Å². The lowest BCUT2D eigenvalue weighted by Gasteiger charge is -2.28. The smallest absolute Gasteiger partial charge is 0.243 e. The van der Waals surface area contributed by atoms with Crippen molar-refractivity contribution in [2.75, 3.05) is 10.6 Å². The standard InChI is InChI=1S/C15H22N2O3S/c1-4-12-5-9-14(10-6-12)17(21(3,19)20)11(2)15(18)16-13-7-8-13/h5-6,9-11,13H,4,7-8H2,1-3H3,(H,16,18)/t11-/m1/s1. The lowest BCUT2D eigenvalue weighted by Crippen LogP contribution is -2.48. The molecule has 21 heavy (non-hydrogen) atoms. The van der Waals surface area contributed by atoms with Crippen LogP contribution < -0.4 is 9.62 Å². The number of carbonyl (C=O) groups is 1. The molecule has 0 unspecified atom stereocenters. The Morgan fingerprint density at radius 1 is 1.33 bits per heavy atom. The van der Waals surface area contributed by atoms with E-state index in [1.165, 1.54) is 4.31 Å². The Morgan fingerprint density at radius 2 is 1.90 bits per heavy atom. The van der Waals surface area contributed by atoms with Gasteiger partial charge in [-0.1, -0.05) is 19.1 Å². The Morgan fingerprint density at radius 3 is 2.33 bits per heavy atom. The molecule has 1 aliphatic rings. The van der Waals surface area contributed by atoms with Gasteiger partial charge >= 0.3 is 0 Å². The van der Waals surface area contributed by atoms with Crippen LogP contribution >= 0.6 is 0 Å². The minimum Gasteiger partial charge on any atom is -0.352 e. The molecule has 6 heteroatoms. The highest BCUT2D eigenvalue weighted by molar-refractivity contribution is 7.92. The van der Waals surface area contributed by atoms with Gasteiger partial charge in [0.05, 0.1) is 11.9 Å². The summed E-state index contributed by atoms with van der Waals surface area (Å²) < 4.78 is 25.3. The molecule has 0 aromatic heterocycles. The van der Waals surface area contributed by atoms with Gasteiger partial charge in [0.2, 0.25) is 15.9 Å². The third-order valence-corrected chi connectivity index (χ3v) is 4.85. The van der Waals surface area contributed by atoms with Gasteiger partial charge in [-0.15, -0.1) is 0 Å². The Kier molecular flexibility index (Phi) is 4.56. The van der Waals surface area contributed by atoms with Crippen LogP contribution in [-0.4, -0.2) is 32.7 Å². The monoisotopic (exact) mass is 310 g/mol. The average molecular weight is 310 g/mol. The van der Waals surface area contributed by atoms with E-state index in [-0.39, 0.29) is 11.9 Å². The minimum atomic E-state index is -3.52. The summed E-state index contributed by atoms with van der Waals surface area (Å²) in [7, 11) is -3.52. The molecule has 5 nitrogen and oxygen atoms in total. The second-order valence-corrected chi connectivity index (χ2v) is 7.40. The Balaban J connectivity index is 2.26. The molecule has 1 amide bonds. The molecule has 116 valence electrons. The summed E-state index contributed by atoms with van der Waals surface area (Å²) in [6.07, 6.45) is 3.96. The van der Waals surface area contributed by atoms with E-state index in [4.69, 9.17) is 0 Å². The van der Waals surface area contributed by atoms with E-state index in [0.717, 1.165) is 31.1 Å². The van der Waals surface area contributed by atoms with E-state index in [2.05, 4.69) is 5.32 Å². The molecule has 1 atom stereocenters. The number of amides is 1. The lowest BCUT2D eigenvalue weighted by atomic mass is 10.1. The summed E-state index contributed by atoms with van der Waals surface area (Å²) in [6, 6.07) is 6.73. The topological polar surface area (TPSA) is 66.5 Å². The van der Waals surface area contributed by atoms with Crippen molar-refractivity contribution in [2.45, 2.75) is 45.2 Å². The molecule has 1 aromatic rings. The number of nitrogens with one attached hydrogen (secondary N) is 1. The van der Waals surface area contributed by atoms with Gasteiger partial charge in [-0.05, 0) is 43.9 Å². The van der Waals surface area contributed by atoms with Crippen LogP contribution in [-0.2, 0) is 21.2 Å². The highest BCUT2D eigenvalue weighted by Gasteiger charge is 2.32. The van der Waals surface area contributed by atoms with Gasteiger partial charge in [0.25, 0.3) is 0 Å². The number of hydrogen-bond donors (Lipinski definition) is 1. The predicted octanol–water partition coefficient (Wildman–Crippen LogP) is 1.68. The molecule has 1 N–H and O–H groups in total. The summed E-state index contributed by atoms with van der Waals surface area (Å²) in [6.45, 7) is 3.65. The van der Waals surface area contributed by atoms with E-state index < -0.39 is 16.1 Å². The van der Waals surface area contributed by atoms with Crippen LogP contribution in [0.1, 0.15) is 32.3 Å². The molecule has 0 radical (unpaired) electrons. The van der Waals surface area contributed by atoms with Crippen molar-refractivity contribution in [3.05, 3.63) is 29.8 Å². The van der Waals surface area contributed by atoms with Gasteiger partial charge in [0.15, 0.2) is 0 Å². The second kappa shape index (κ2) is 6.05. The number of carbonyl (C=O) groups excluding carboxylic acids is 1. The molecule has 0 bridgehead atoms. The van der Waals surface area contributed by atoms with Gasteiger partial charge < -0.3 is 5.32 Å². The zero-order valence-corrected chi connectivity index (χ0v) is 13.5. The van der Waals surface area contributed by atoms with Gasteiger partial charge in [0.1, 0.15) is 6.04 Å². The third kappa shape index (κ3) is 3.97. The van der Waals surface area contributed by atoms with Crippen LogP contribution in [0.25, 0.3) is 0 Å². The highest BCUT2D eigenvalue weighted by atomic mass is 32.2. The summed E-state index contributed by atoms with van der Waals surface area (Å²) in [4.78, 5) is 12.2. The van der Waals surface area contributed by atoms with Gasteiger partial charge in [-0.3, -0.25) is 9.10 Å². The van der Waals surface area contributed by atoms with Crippen molar-refractivity contribution in [3.63, 3.8) is 0 Å². The van der Waals surface area contributed by atoms with Crippen LogP contribution in [0.4, 0.5) is 5.69 Å².